The zero-order valence-corrected chi connectivity index (χ0v) is 11.3. The van der Waals surface area contributed by atoms with Crippen LogP contribution in [0.15, 0.2) is 18.9 Å². The summed E-state index contributed by atoms with van der Waals surface area (Å²) in [4.78, 5) is 35.0. The predicted molar refractivity (Wildman–Crippen MR) is 70.1 cm³/mol. The summed E-state index contributed by atoms with van der Waals surface area (Å²) in [5.74, 6) is -0.612. The fourth-order valence-electron chi connectivity index (χ4n) is 1.68. The molecule has 0 aliphatic rings. The quantitative estimate of drug-likeness (QED) is 0.558. The molecular formula is C11H15N7O3. The lowest BCUT2D eigenvalue weighted by Crippen LogP contribution is -2.47. The second-order valence-electron chi connectivity index (χ2n) is 4.41. The molecule has 2 aromatic rings. The average Bonchev–Trinajstić information content (AvgIpc) is 3.10. The smallest absolute Gasteiger partial charge is 0.326 e. The summed E-state index contributed by atoms with van der Waals surface area (Å²) >= 11 is 0. The lowest BCUT2D eigenvalue weighted by molar-refractivity contribution is -0.139. The molecule has 0 unspecified atom stereocenters. The van der Waals surface area contributed by atoms with Gasteiger partial charge < -0.3 is 20.3 Å². The van der Waals surface area contributed by atoms with Crippen LogP contribution in [0.1, 0.15) is 11.5 Å². The molecule has 1 atom stereocenters. The number of hydrogen-bond acceptors (Lipinski definition) is 5. The molecule has 0 saturated carbocycles. The zero-order valence-electron chi connectivity index (χ0n) is 11.3. The van der Waals surface area contributed by atoms with Crippen molar-refractivity contribution in [1.29, 1.82) is 0 Å². The van der Waals surface area contributed by atoms with Crippen molar-refractivity contribution in [2.75, 3.05) is 7.05 Å². The van der Waals surface area contributed by atoms with E-state index >= 15 is 0 Å². The molecule has 0 bridgehead atoms. The van der Waals surface area contributed by atoms with E-state index in [2.05, 4.69) is 30.5 Å². The Morgan fingerprint density at radius 2 is 2.33 bits per heavy atom. The fourth-order valence-corrected chi connectivity index (χ4v) is 1.68. The SMILES string of the molecule is CN(Cc1ncn[nH]1)C(=O)N[C@@H](Cc1cnc[nH]1)C(=O)O. The third-order valence-electron chi connectivity index (χ3n) is 2.77. The summed E-state index contributed by atoms with van der Waals surface area (Å²) in [5, 5.41) is 17.9. The number of amides is 2. The van der Waals surface area contributed by atoms with Gasteiger partial charge in [0.1, 0.15) is 18.2 Å². The van der Waals surface area contributed by atoms with Gasteiger partial charge in [0.25, 0.3) is 0 Å². The van der Waals surface area contributed by atoms with Crippen molar-refractivity contribution in [1.82, 2.24) is 35.4 Å². The first-order valence-corrected chi connectivity index (χ1v) is 6.12. The maximum atomic E-state index is 12.0. The average molecular weight is 293 g/mol. The van der Waals surface area contributed by atoms with Crippen LogP contribution in [0, 0.1) is 0 Å². The Morgan fingerprint density at radius 3 is 2.90 bits per heavy atom. The maximum Gasteiger partial charge on any atom is 0.326 e. The number of aliphatic carboxylic acids is 1. The largest absolute Gasteiger partial charge is 0.480 e. The fraction of sp³-hybridized carbons (Fsp3) is 0.364. The Labute approximate surface area is 119 Å². The van der Waals surface area contributed by atoms with E-state index in [0.717, 1.165) is 0 Å². The van der Waals surface area contributed by atoms with Crippen LogP contribution in [0.25, 0.3) is 0 Å². The summed E-state index contributed by atoms with van der Waals surface area (Å²) in [6, 6.07) is -1.56. The normalized spacial score (nSPS) is 11.9. The van der Waals surface area contributed by atoms with Crippen LogP contribution >= 0.6 is 0 Å². The lowest BCUT2D eigenvalue weighted by Gasteiger charge is -2.20. The van der Waals surface area contributed by atoms with Crippen LogP contribution in [-0.2, 0) is 17.8 Å². The van der Waals surface area contributed by atoms with Gasteiger partial charge in [0.2, 0.25) is 0 Å². The van der Waals surface area contributed by atoms with Crippen LogP contribution in [-0.4, -0.2) is 60.2 Å². The Bertz CT molecular complexity index is 581. The highest BCUT2D eigenvalue weighted by molar-refractivity contribution is 5.82. The standard InChI is InChI=1S/C11H15N7O3/c1-18(4-9-14-6-15-17-9)11(21)16-8(10(19)20)2-7-3-12-5-13-7/h3,5-6,8H,2,4H2,1H3,(H,12,13)(H,16,21)(H,19,20)(H,14,15,17)/t8-/m0/s1. The van der Waals surface area contributed by atoms with Gasteiger partial charge >= 0.3 is 12.0 Å². The van der Waals surface area contributed by atoms with Gasteiger partial charge in [0.05, 0.1) is 12.9 Å². The van der Waals surface area contributed by atoms with Crippen LogP contribution in [0.3, 0.4) is 0 Å². The van der Waals surface area contributed by atoms with Crippen molar-refractivity contribution in [3.8, 4) is 0 Å². The number of hydrogen-bond donors (Lipinski definition) is 4. The summed E-state index contributed by atoms with van der Waals surface area (Å²) < 4.78 is 0. The van der Waals surface area contributed by atoms with Gasteiger partial charge in [0.15, 0.2) is 0 Å². The van der Waals surface area contributed by atoms with Gasteiger partial charge in [-0.25, -0.2) is 19.6 Å². The highest BCUT2D eigenvalue weighted by Gasteiger charge is 2.23. The molecule has 2 aromatic heterocycles. The molecule has 4 N–H and O–H groups in total. The molecular weight excluding hydrogens is 278 g/mol. The summed E-state index contributed by atoms with van der Waals surface area (Å²) in [5.41, 5.74) is 0.626. The number of aromatic nitrogens is 5. The van der Waals surface area contributed by atoms with Gasteiger partial charge in [-0.15, -0.1) is 0 Å². The lowest BCUT2D eigenvalue weighted by atomic mass is 10.1. The van der Waals surface area contributed by atoms with Gasteiger partial charge in [-0.05, 0) is 0 Å². The summed E-state index contributed by atoms with van der Waals surface area (Å²) in [7, 11) is 1.53. The molecule has 0 fully saturated rings. The number of carboxylic acid groups (broad SMARTS) is 1. The van der Waals surface area contributed by atoms with Crippen molar-refractivity contribution in [3.63, 3.8) is 0 Å². The van der Waals surface area contributed by atoms with Crippen molar-refractivity contribution >= 4 is 12.0 Å². The van der Waals surface area contributed by atoms with Crippen LogP contribution < -0.4 is 5.32 Å². The number of rotatable bonds is 6. The van der Waals surface area contributed by atoms with E-state index in [4.69, 9.17) is 5.11 Å². The summed E-state index contributed by atoms with van der Waals surface area (Å²) in [6.45, 7) is 0.197. The van der Waals surface area contributed by atoms with Crippen LogP contribution in [0.4, 0.5) is 4.79 Å². The number of urea groups is 1. The molecule has 2 rings (SSSR count). The molecule has 0 saturated heterocycles. The Hall–Kier alpha value is -2.91. The number of carbonyl (C=O) groups excluding carboxylic acids is 1. The van der Waals surface area contributed by atoms with E-state index in [1.165, 1.54) is 30.8 Å². The third-order valence-corrected chi connectivity index (χ3v) is 2.77. The third kappa shape index (κ3) is 4.03. The Balaban J connectivity index is 1.92. The molecule has 0 aliphatic carbocycles. The van der Waals surface area contributed by atoms with E-state index in [1.807, 2.05) is 0 Å². The second-order valence-corrected chi connectivity index (χ2v) is 4.41. The minimum Gasteiger partial charge on any atom is -0.480 e. The van der Waals surface area contributed by atoms with E-state index in [9.17, 15) is 9.59 Å². The van der Waals surface area contributed by atoms with Gasteiger partial charge in [-0.1, -0.05) is 0 Å². The number of carboxylic acids is 1. The van der Waals surface area contributed by atoms with Crippen molar-refractivity contribution < 1.29 is 14.7 Å². The van der Waals surface area contributed by atoms with Crippen molar-refractivity contribution in [2.45, 2.75) is 19.0 Å². The van der Waals surface area contributed by atoms with E-state index in [-0.39, 0.29) is 13.0 Å². The molecule has 0 radical (unpaired) electrons. The second kappa shape index (κ2) is 6.50. The molecule has 0 aromatic carbocycles. The van der Waals surface area contributed by atoms with Crippen LogP contribution in [0.2, 0.25) is 0 Å². The van der Waals surface area contributed by atoms with E-state index in [0.29, 0.717) is 11.5 Å². The number of aromatic amines is 2. The van der Waals surface area contributed by atoms with E-state index < -0.39 is 18.0 Å². The topological polar surface area (TPSA) is 140 Å². The minimum absolute atomic E-state index is 0.122. The maximum absolute atomic E-state index is 12.0. The Kier molecular flexibility index (Phi) is 4.49. The monoisotopic (exact) mass is 293 g/mol. The van der Waals surface area contributed by atoms with Gasteiger partial charge in [-0.2, -0.15) is 5.10 Å². The number of nitrogens with zero attached hydrogens (tertiary/aromatic N) is 4. The van der Waals surface area contributed by atoms with Crippen molar-refractivity contribution in [3.05, 3.63) is 30.4 Å². The first-order valence-electron chi connectivity index (χ1n) is 6.12. The van der Waals surface area contributed by atoms with E-state index in [1.54, 1.807) is 0 Å². The zero-order chi connectivity index (χ0) is 15.2. The van der Waals surface area contributed by atoms with Gasteiger partial charge in [-0.3, -0.25) is 5.10 Å². The number of H-pyrrole nitrogens is 2. The number of nitrogens with one attached hydrogen (secondary N) is 3. The molecule has 21 heavy (non-hydrogen) atoms. The number of imidazole rings is 1. The molecule has 2 amide bonds. The van der Waals surface area contributed by atoms with Crippen molar-refractivity contribution in [2.24, 2.45) is 0 Å². The predicted octanol–water partition coefficient (Wildman–Crippen LogP) is -0.635. The highest BCUT2D eigenvalue weighted by Crippen LogP contribution is 2.01. The first kappa shape index (κ1) is 14.5. The highest BCUT2D eigenvalue weighted by atomic mass is 16.4. The molecule has 0 aliphatic heterocycles. The number of carbonyl (C=O) groups is 2. The molecule has 0 spiro atoms. The molecule has 10 heteroatoms. The van der Waals surface area contributed by atoms with Gasteiger partial charge in [0, 0.05) is 25.4 Å². The molecule has 10 nitrogen and oxygen atoms in total. The minimum atomic E-state index is -1.12. The first-order chi connectivity index (χ1) is 10.1. The Morgan fingerprint density at radius 1 is 1.52 bits per heavy atom. The summed E-state index contributed by atoms with van der Waals surface area (Å²) in [6.07, 6.45) is 4.42. The molecule has 112 valence electrons. The van der Waals surface area contributed by atoms with Crippen LogP contribution in [0.5, 0.6) is 0 Å². The molecule has 2 heterocycles.